The van der Waals surface area contributed by atoms with Crippen LogP contribution in [0.1, 0.15) is 5.56 Å². The van der Waals surface area contributed by atoms with Crippen LogP contribution in [0.15, 0.2) is 24.3 Å². The van der Waals surface area contributed by atoms with Crippen molar-refractivity contribution in [2.75, 3.05) is 6.61 Å². The number of carboxylic acids is 1. The van der Waals surface area contributed by atoms with Crippen LogP contribution < -0.4 is 10.5 Å². The van der Waals surface area contributed by atoms with Gasteiger partial charge in [0.15, 0.2) is 0 Å². The van der Waals surface area contributed by atoms with Gasteiger partial charge in [-0.25, -0.2) is 0 Å². The van der Waals surface area contributed by atoms with Gasteiger partial charge in [0.05, 0.1) is 0 Å². The van der Waals surface area contributed by atoms with E-state index in [4.69, 9.17) is 22.0 Å². The molecule has 0 aromatic heterocycles. The molecule has 0 unspecified atom stereocenters. The van der Waals surface area contributed by atoms with Crippen LogP contribution in [0.25, 0.3) is 0 Å². The molecular weight excluding hydrogens is 242 g/mol. The van der Waals surface area contributed by atoms with E-state index in [2.05, 4.69) is 5.92 Å². The summed E-state index contributed by atoms with van der Waals surface area (Å²) < 4.78 is 5.18. The van der Waals surface area contributed by atoms with Crippen LogP contribution in [0.2, 0.25) is 0 Å². The number of carboxylic acid groups (broad SMARTS) is 1. The number of hydrogen-bond acceptors (Lipinski definition) is 3. The number of aliphatic carboxylic acids is 1. The molecule has 92 valence electrons. The molecule has 1 rings (SSSR count). The number of hydrogen-bond donors (Lipinski definition) is 2. The molecule has 0 aliphatic heterocycles. The fourth-order valence-corrected chi connectivity index (χ4v) is 1.19. The number of rotatable bonds is 5. The van der Waals surface area contributed by atoms with Gasteiger partial charge in [0.2, 0.25) is 0 Å². The van der Waals surface area contributed by atoms with E-state index in [1.54, 1.807) is 24.3 Å². The Kier molecular flexibility index (Phi) is 6.80. The van der Waals surface area contributed by atoms with Gasteiger partial charge in [0, 0.05) is 0 Å². The Morgan fingerprint density at radius 1 is 1.47 bits per heavy atom. The first kappa shape index (κ1) is 15.3. The largest absolute Gasteiger partial charge is 0.481 e. The summed E-state index contributed by atoms with van der Waals surface area (Å²) in [6, 6.07) is 6.14. The molecule has 0 bridgehead atoms. The molecule has 0 heterocycles. The van der Waals surface area contributed by atoms with E-state index in [0.29, 0.717) is 12.2 Å². The molecule has 17 heavy (non-hydrogen) atoms. The zero-order chi connectivity index (χ0) is 12.0. The molecule has 1 aromatic rings. The Morgan fingerprint density at radius 3 is 2.53 bits per heavy atom. The third-order valence-corrected chi connectivity index (χ3v) is 2.02. The first-order valence-electron chi connectivity index (χ1n) is 4.77. The van der Waals surface area contributed by atoms with Crippen molar-refractivity contribution in [3.8, 4) is 18.1 Å². The zero-order valence-electron chi connectivity index (χ0n) is 9.13. The average molecular weight is 256 g/mol. The molecule has 1 atom stereocenters. The fraction of sp³-hybridized carbons (Fsp3) is 0.250. The molecule has 0 saturated carbocycles. The summed E-state index contributed by atoms with van der Waals surface area (Å²) in [7, 11) is 0. The summed E-state index contributed by atoms with van der Waals surface area (Å²) in [6.07, 6.45) is 5.35. The smallest absolute Gasteiger partial charge is 0.320 e. The summed E-state index contributed by atoms with van der Waals surface area (Å²) in [5, 5.41) is 8.64. The van der Waals surface area contributed by atoms with E-state index in [1.165, 1.54) is 0 Å². The molecule has 0 aliphatic rings. The molecule has 4 nitrogen and oxygen atoms in total. The van der Waals surface area contributed by atoms with Crippen LogP contribution in [0.5, 0.6) is 5.75 Å². The third-order valence-electron chi connectivity index (χ3n) is 2.02. The van der Waals surface area contributed by atoms with Crippen molar-refractivity contribution in [3.05, 3.63) is 29.8 Å². The van der Waals surface area contributed by atoms with Crippen LogP contribution >= 0.6 is 12.4 Å². The minimum Gasteiger partial charge on any atom is -0.481 e. The number of ether oxygens (including phenoxy) is 1. The molecule has 0 amide bonds. The molecule has 0 spiro atoms. The Labute approximate surface area is 106 Å². The molecule has 0 saturated heterocycles. The summed E-state index contributed by atoms with van der Waals surface area (Å²) in [6.45, 7) is 0.216. The summed E-state index contributed by atoms with van der Waals surface area (Å²) in [5.41, 5.74) is 6.26. The van der Waals surface area contributed by atoms with E-state index in [1.807, 2.05) is 0 Å². The molecule has 3 N–H and O–H groups in total. The second-order valence-corrected chi connectivity index (χ2v) is 3.29. The van der Waals surface area contributed by atoms with Crippen molar-refractivity contribution in [2.24, 2.45) is 5.73 Å². The van der Waals surface area contributed by atoms with Crippen molar-refractivity contribution < 1.29 is 14.6 Å². The first-order chi connectivity index (χ1) is 7.63. The Bertz CT molecular complexity index is 397. The summed E-state index contributed by atoms with van der Waals surface area (Å²) in [5.74, 6) is 2.01. The quantitative estimate of drug-likeness (QED) is 0.772. The van der Waals surface area contributed by atoms with Gasteiger partial charge in [-0.1, -0.05) is 18.1 Å². The van der Waals surface area contributed by atoms with E-state index < -0.39 is 12.0 Å². The van der Waals surface area contributed by atoms with Gasteiger partial charge in [-0.3, -0.25) is 4.79 Å². The normalized spacial score (nSPS) is 10.8. The maximum absolute atomic E-state index is 10.5. The molecule has 0 radical (unpaired) electrons. The summed E-state index contributed by atoms with van der Waals surface area (Å²) >= 11 is 0. The SMILES string of the molecule is C#CCOc1ccc(C[C@H](N)C(=O)O)cc1.Cl. The Morgan fingerprint density at radius 2 is 2.06 bits per heavy atom. The standard InChI is InChI=1S/C12H13NO3.ClH/c1-2-7-16-10-5-3-9(4-6-10)8-11(13)12(14)15;/h1,3-6,11H,7-8,13H2,(H,14,15);1H/t11-;/m0./s1. The second-order valence-electron chi connectivity index (χ2n) is 3.29. The van der Waals surface area contributed by atoms with Crippen LogP contribution in [0.4, 0.5) is 0 Å². The average Bonchev–Trinajstić information content (AvgIpc) is 2.28. The topological polar surface area (TPSA) is 72.5 Å². The highest BCUT2D eigenvalue weighted by molar-refractivity contribution is 5.85. The van der Waals surface area contributed by atoms with Crippen LogP contribution in [-0.2, 0) is 11.2 Å². The number of benzene rings is 1. The van der Waals surface area contributed by atoms with E-state index in [0.717, 1.165) is 5.56 Å². The van der Waals surface area contributed by atoms with Crippen LogP contribution in [-0.4, -0.2) is 23.7 Å². The highest BCUT2D eigenvalue weighted by Crippen LogP contribution is 2.13. The molecule has 0 aliphatic carbocycles. The van der Waals surface area contributed by atoms with Crippen molar-refractivity contribution >= 4 is 18.4 Å². The van der Waals surface area contributed by atoms with E-state index in [9.17, 15) is 4.79 Å². The number of carbonyl (C=O) groups is 1. The maximum atomic E-state index is 10.5. The van der Waals surface area contributed by atoms with Crippen molar-refractivity contribution in [3.63, 3.8) is 0 Å². The van der Waals surface area contributed by atoms with Gasteiger partial charge >= 0.3 is 5.97 Å². The molecular formula is C12H14ClNO3. The van der Waals surface area contributed by atoms with Crippen LogP contribution in [0.3, 0.4) is 0 Å². The predicted octanol–water partition coefficient (Wildman–Crippen LogP) is 1.07. The highest BCUT2D eigenvalue weighted by atomic mass is 35.5. The van der Waals surface area contributed by atoms with Gasteiger partial charge in [-0.15, -0.1) is 18.8 Å². The number of terminal acetylenes is 1. The Hall–Kier alpha value is -1.70. The first-order valence-corrected chi connectivity index (χ1v) is 4.77. The molecule has 5 heteroatoms. The van der Waals surface area contributed by atoms with Gasteiger partial charge in [0.1, 0.15) is 18.4 Å². The lowest BCUT2D eigenvalue weighted by Gasteiger charge is -2.07. The van der Waals surface area contributed by atoms with Crippen LogP contribution in [0, 0.1) is 12.3 Å². The van der Waals surface area contributed by atoms with Gasteiger partial charge in [-0.2, -0.15) is 0 Å². The van der Waals surface area contributed by atoms with Gasteiger partial charge in [-0.05, 0) is 24.1 Å². The minimum atomic E-state index is -1.01. The third kappa shape index (κ3) is 5.25. The monoisotopic (exact) mass is 255 g/mol. The van der Waals surface area contributed by atoms with Crippen molar-refractivity contribution in [2.45, 2.75) is 12.5 Å². The summed E-state index contributed by atoms with van der Waals surface area (Å²) in [4.78, 5) is 10.5. The lowest BCUT2D eigenvalue weighted by Crippen LogP contribution is -2.32. The maximum Gasteiger partial charge on any atom is 0.320 e. The molecule has 1 aromatic carbocycles. The minimum absolute atomic E-state index is 0. The Balaban J connectivity index is 0.00000256. The predicted molar refractivity (Wildman–Crippen MR) is 67.3 cm³/mol. The number of halogens is 1. The fourth-order valence-electron chi connectivity index (χ4n) is 1.19. The van der Waals surface area contributed by atoms with E-state index in [-0.39, 0.29) is 19.0 Å². The second kappa shape index (κ2) is 7.55. The molecule has 0 fully saturated rings. The highest BCUT2D eigenvalue weighted by Gasteiger charge is 2.11. The van der Waals surface area contributed by atoms with Gasteiger partial charge in [0.25, 0.3) is 0 Å². The van der Waals surface area contributed by atoms with E-state index >= 15 is 0 Å². The van der Waals surface area contributed by atoms with Gasteiger partial charge < -0.3 is 15.6 Å². The van der Waals surface area contributed by atoms with Crippen molar-refractivity contribution in [1.82, 2.24) is 0 Å². The number of nitrogens with two attached hydrogens (primary N) is 1. The zero-order valence-corrected chi connectivity index (χ0v) is 9.94. The lowest BCUT2D eigenvalue weighted by molar-refractivity contribution is -0.138. The van der Waals surface area contributed by atoms with Crippen molar-refractivity contribution in [1.29, 1.82) is 0 Å². The lowest BCUT2D eigenvalue weighted by atomic mass is 10.1.